The fourth-order valence-electron chi connectivity index (χ4n) is 3.13. The van der Waals surface area contributed by atoms with E-state index in [0.29, 0.717) is 18.7 Å². The number of nitrogens with zero attached hydrogens (tertiary/aromatic N) is 2. The summed E-state index contributed by atoms with van der Waals surface area (Å²) in [5, 5.41) is 0. The minimum atomic E-state index is -3.25. The molecule has 2 N–H and O–H groups in total. The Morgan fingerprint density at radius 2 is 2.05 bits per heavy atom. The second-order valence-corrected chi connectivity index (χ2v) is 7.73. The van der Waals surface area contributed by atoms with Crippen LogP contribution in [0.2, 0.25) is 0 Å². The minimum Gasteiger partial charge on any atom is -0.397 e. The Labute approximate surface area is 124 Å². The predicted molar refractivity (Wildman–Crippen MR) is 80.9 cm³/mol. The summed E-state index contributed by atoms with van der Waals surface area (Å²) in [4.78, 5) is 16.0. The largest absolute Gasteiger partial charge is 0.397 e. The molecule has 0 radical (unpaired) electrons. The zero-order valence-electron chi connectivity index (χ0n) is 11.9. The molecule has 7 heteroatoms. The van der Waals surface area contributed by atoms with Crippen LogP contribution in [0.15, 0.2) is 23.1 Å². The van der Waals surface area contributed by atoms with Crippen LogP contribution < -0.4 is 10.6 Å². The summed E-state index contributed by atoms with van der Waals surface area (Å²) in [5.74, 6) is 0.236. The van der Waals surface area contributed by atoms with Gasteiger partial charge >= 0.3 is 0 Å². The van der Waals surface area contributed by atoms with Crippen molar-refractivity contribution in [1.29, 1.82) is 0 Å². The second-order valence-electron chi connectivity index (χ2n) is 5.72. The number of hydrogen-bond donors (Lipinski definition) is 1. The number of anilines is 2. The first-order valence-electron chi connectivity index (χ1n) is 7.00. The van der Waals surface area contributed by atoms with E-state index in [4.69, 9.17) is 5.73 Å². The van der Waals surface area contributed by atoms with E-state index in [-0.39, 0.29) is 16.8 Å². The molecule has 0 bridgehead atoms. The van der Waals surface area contributed by atoms with E-state index in [0.717, 1.165) is 25.2 Å². The number of carbonyl (C=O) groups excluding carboxylic acids is 1. The van der Waals surface area contributed by atoms with Crippen LogP contribution in [0.3, 0.4) is 0 Å². The molecule has 21 heavy (non-hydrogen) atoms. The van der Waals surface area contributed by atoms with Gasteiger partial charge in [-0.15, -0.1) is 0 Å². The number of benzene rings is 1. The number of carbonyl (C=O) groups is 1. The van der Waals surface area contributed by atoms with Crippen LogP contribution >= 0.6 is 0 Å². The van der Waals surface area contributed by atoms with Gasteiger partial charge in [0.25, 0.3) is 0 Å². The van der Waals surface area contributed by atoms with Gasteiger partial charge in [-0.2, -0.15) is 0 Å². The molecule has 0 aliphatic carbocycles. The summed E-state index contributed by atoms with van der Waals surface area (Å²) in [5.41, 5.74) is 7.34. The van der Waals surface area contributed by atoms with Gasteiger partial charge < -0.3 is 15.5 Å². The average Bonchev–Trinajstić information content (AvgIpc) is 2.79. The van der Waals surface area contributed by atoms with Crippen LogP contribution in [0.1, 0.15) is 12.8 Å². The Kier molecular flexibility index (Phi) is 3.32. The van der Waals surface area contributed by atoms with E-state index >= 15 is 0 Å². The van der Waals surface area contributed by atoms with Crippen LogP contribution in [0.25, 0.3) is 0 Å². The molecule has 1 aromatic carbocycles. The number of sulfone groups is 1. The maximum Gasteiger partial charge on any atom is 0.223 e. The zero-order chi connectivity index (χ0) is 15.2. The summed E-state index contributed by atoms with van der Waals surface area (Å²) in [7, 11) is -3.25. The maximum atomic E-state index is 11.7. The minimum absolute atomic E-state index is 0.235. The van der Waals surface area contributed by atoms with Crippen molar-refractivity contribution in [3.8, 4) is 0 Å². The molecular formula is C14H19N3O3S. The molecule has 1 unspecified atom stereocenters. The lowest BCUT2D eigenvalue weighted by Gasteiger charge is -2.39. The maximum absolute atomic E-state index is 11.7. The normalized spacial score (nSPS) is 22.5. The number of rotatable bonds is 2. The molecule has 114 valence electrons. The van der Waals surface area contributed by atoms with Crippen molar-refractivity contribution in [2.24, 2.45) is 0 Å². The molecule has 2 heterocycles. The van der Waals surface area contributed by atoms with Crippen LogP contribution in [0, 0.1) is 0 Å². The van der Waals surface area contributed by atoms with Crippen LogP contribution in [-0.2, 0) is 14.6 Å². The molecule has 0 saturated carbocycles. The lowest BCUT2D eigenvalue weighted by Crippen LogP contribution is -2.51. The number of fused-ring (bicyclic) bond motifs is 1. The van der Waals surface area contributed by atoms with E-state index in [1.807, 2.05) is 4.90 Å². The molecule has 3 rings (SSSR count). The van der Waals surface area contributed by atoms with E-state index in [1.165, 1.54) is 12.3 Å². The highest BCUT2D eigenvalue weighted by molar-refractivity contribution is 7.90. The third-order valence-corrected chi connectivity index (χ3v) is 5.37. The van der Waals surface area contributed by atoms with Gasteiger partial charge in [0, 0.05) is 38.4 Å². The monoisotopic (exact) mass is 309 g/mol. The highest BCUT2D eigenvalue weighted by Gasteiger charge is 2.35. The second kappa shape index (κ2) is 4.91. The topological polar surface area (TPSA) is 83.7 Å². The summed E-state index contributed by atoms with van der Waals surface area (Å²) in [6.45, 7) is 2.19. The Bertz CT molecular complexity index is 687. The molecule has 1 aromatic rings. The van der Waals surface area contributed by atoms with E-state index in [9.17, 15) is 13.2 Å². The molecule has 2 saturated heterocycles. The van der Waals surface area contributed by atoms with E-state index < -0.39 is 9.84 Å². The lowest BCUT2D eigenvalue weighted by atomic mass is 10.1. The van der Waals surface area contributed by atoms with Crippen molar-refractivity contribution in [2.75, 3.05) is 36.5 Å². The van der Waals surface area contributed by atoms with Crippen molar-refractivity contribution in [1.82, 2.24) is 4.90 Å². The number of hydrogen-bond acceptors (Lipinski definition) is 5. The first-order valence-corrected chi connectivity index (χ1v) is 8.89. The number of nitrogen functional groups attached to an aromatic ring is 1. The fraction of sp³-hybridized carbons (Fsp3) is 0.500. The van der Waals surface area contributed by atoms with Gasteiger partial charge in [-0.25, -0.2) is 8.42 Å². The van der Waals surface area contributed by atoms with Crippen LogP contribution in [-0.4, -0.2) is 51.2 Å². The Hall–Kier alpha value is -1.76. The Morgan fingerprint density at radius 1 is 1.29 bits per heavy atom. The molecule has 1 atom stereocenters. The SMILES string of the molecule is CS(=O)(=O)c1ccc(N2CCN3C(=O)CCC3C2)c(N)c1. The van der Waals surface area contributed by atoms with Gasteiger partial charge in [-0.1, -0.05) is 0 Å². The van der Waals surface area contributed by atoms with Gasteiger partial charge in [0.1, 0.15) is 0 Å². The first kappa shape index (κ1) is 14.2. The zero-order valence-corrected chi connectivity index (χ0v) is 12.8. The van der Waals surface area contributed by atoms with Gasteiger partial charge in [-0.3, -0.25) is 4.79 Å². The summed E-state index contributed by atoms with van der Waals surface area (Å²) >= 11 is 0. The third-order valence-electron chi connectivity index (χ3n) is 4.26. The van der Waals surface area contributed by atoms with Crippen molar-refractivity contribution < 1.29 is 13.2 Å². The smallest absolute Gasteiger partial charge is 0.223 e. The summed E-state index contributed by atoms with van der Waals surface area (Å²) in [6, 6.07) is 5.11. The Balaban J connectivity index is 1.84. The Morgan fingerprint density at radius 3 is 2.71 bits per heavy atom. The van der Waals surface area contributed by atoms with Gasteiger partial charge in [0.2, 0.25) is 5.91 Å². The molecule has 2 aliphatic rings. The highest BCUT2D eigenvalue weighted by Crippen LogP contribution is 2.31. The molecule has 1 amide bonds. The fourth-order valence-corrected chi connectivity index (χ4v) is 3.79. The standard InChI is InChI=1S/C14H19N3O3S/c1-21(19,20)11-3-4-13(12(15)8-11)16-6-7-17-10(9-16)2-5-14(17)18/h3-4,8,10H,2,5-7,9,15H2,1H3. The summed E-state index contributed by atoms with van der Waals surface area (Å²) < 4.78 is 23.1. The molecule has 2 fully saturated rings. The van der Waals surface area contributed by atoms with Crippen LogP contribution in [0.5, 0.6) is 0 Å². The van der Waals surface area contributed by atoms with Crippen molar-refractivity contribution in [3.05, 3.63) is 18.2 Å². The summed E-state index contributed by atoms with van der Waals surface area (Å²) in [6.07, 6.45) is 2.68. The number of nitrogens with two attached hydrogens (primary N) is 1. The number of amides is 1. The molecule has 0 aromatic heterocycles. The van der Waals surface area contributed by atoms with Crippen molar-refractivity contribution in [2.45, 2.75) is 23.8 Å². The third kappa shape index (κ3) is 2.57. The molecule has 0 spiro atoms. The van der Waals surface area contributed by atoms with Gasteiger partial charge in [-0.05, 0) is 24.6 Å². The highest BCUT2D eigenvalue weighted by atomic mass is 32.2. The molecular weight excluding hydrogens is 290 g/mol. The van der Waals surface area contributed by atoms with Gasteiger partial charge in [0.05, 0.1) is 16.3 Å². The van der Waals surface area contributed by atoms with Crippen molar-refractivity contribution in [3.63, 3.8) is 0 Å². The lowest BCUT2D eigenvalue weighted by molar-refractivity contribution is -0.129. The first-order chi connectivity index (χ1) is 9.86. The molecule has 2 aliphatic heterocycles. The average molecular weight is 309 g/mol. The number of piperazine rings is 1. The van der Waals surface area contributed by atoms with E-state index in [1.54, 1.807) is 12.1 Å². The molecule has 6 nitrogen and oxygen atoms in total. The van der Waals surface area contributed by atoms with Crippen LogP contribution in [0.4, 0.5) is 11.4 Å². The quantitative estimate of drug-likeness (QED) is 0.804. The van der Waals surface area contributed by atoms with Gasteiger partial charge in [0.15, 0.2) is 9.84 Å². The van der Waals surface area contributed by atoms with E-state index in [2.05, 4.69) is 4.90 Å². The predicted octanol–water partition coefficient (Wildman–Crippen LogP) is 0.483. The van der Waals surface area contributed by atoms with Crippen molar-refractivity contribution >= 4 is 27.1 Å².